The standard InChI is InChI=1S/C20H25N3O4S/c1-5-28(25,26)22-15-6-7-19(27-12-13(2)3)18(11-15)17-10-14(4)23(24)20-16(17)8-9-21-20/h6-11,13,21-22H,5,12H2,1-4H3. The maximum atomic E-state index is 12.3. The third kappa shape index (κ3) is 4.06. The molecule has 2 N–H and O–H groups in total. The van der Waals surface area contributed by atoms with E-state index in [9.17, 15) is 13.6 Å². The van der Waals surface area contributed by atoms with Gasteiger partial charge in [0, 0.05) is 16.8 Å². The van der Waals surface area contributed by atoms with Crippen LogP contribution in [0, 0.1) is 18.0 Å². The SMILES string of the molecule is CCS(=O)(=O)Nc1ccc(OCC(C)C)c(-c2cc(C)[n+]([O-])c3[nH]ccc23)c1. The van der Waals surface area contributed by atoms with Crippen LogP contribution >= 0.6 is 0 Å². The highest BCUT2D eigenvalue weighted by molar-refractivity contribution is 7.92. The molecule has 3 aromatic rings. The molecule has 0 radical (unpaired) electrons. The van der Waals surface area contributed by atoms with Crippen LogP contribution < -0.4 is 14.2 Å². The van der Waals surface area contributed by atoms with Gasteiger partial charge in [-0.25, -0.2) is 18.1 Å². The van der Waals surface area contributed by atoms with Crippen molar-refractivity contribution in [3.63, 3.8) is 0 Å². The molecule has 0 aliphatic carbocycles. The number of H-pyrrole nitrogens is 1. The lowest BCUT2D eigenvalue weighted by molar-refractivity contribution is -0.586. The Labute approximate surface area is 165 Å². The summed E-state index contributed by atoms with van der Waals surface area (Å²) in [6.45, 7) is 7.95. The van der Waals surface area contributed by atoms with Crippen molar-refractivity contribution in [1.82, 2.24) is 4.98 Å². The lowest BCUT2D eigenvalue weighted by Crippen LogP contribution is -2.31. The highest BCUT2D eigenvalue weighted by Gasteiger charge is 2.18. The topological polar surface area (TPSA) is 98.1 Å². The normalized spacial score (nSPS) is 11.9. The minimum atomic E-state index is -3.41. The van der Waals surface area contributed by atoms with E-state index in [1.165, 1.54) is 0 Å². The fourth-order valence-corrected chi connectivity index (χ4v) is 3.56. The molecule has 0 unspecified atom stereocenters. The molecule has 0 saturated heterocycles. The molecule has 0 amide bonds. The molecule has 0 spiro atoms. The molecule has 7 nitrogen and oxygen atoms in total. The van der Waals surface area contributed by atoms with Crippen LogP contribution in [0.25, 0.3) is 22.2 Å². The van der Waals surface area contributed by atoms with E-state index in [0.717, 1.165) is 21.2 Å². The Morgan fingerprint density at radius 2 is 1.96 bits per heavy atom. The number of ether oxygens (including phenoxy) is 1. The maximum Gasteiger partial charge on any atom is 0.290 e. The van der Waals surface area contributed by atoms with E-state index in [0.29, 0.717) is 35.3 Å². The molecule has 0 fully saturated rings. The monoisotopic (exact) mass is 403 g/mol. The molecule has 2 aromatic heterocycles. The molecule has 3 rings (SSSR count). The summed E-state index contributed by atoms with van der Waals surface area (Å²) in [5.41, 5.74) is 2.96. The number of anilines is 1. The molecule has 0 atom stereocenters. The van der Waals surface area contributed by atoms with Gasteiger partial charge in [0.05, 0.1) is 23.9 Å². The molecule has 150 valence electrons. The summed E-state index contributed by atoms with van der Waals surface area (Å²) in [5, 5.41) is 13.1. The van der Waals surface area contributed by atoms with E-state index in [2.05, 4.69) is 23.6 Å². The number of nitrogens with zero attached hydrogens (tertiary/aromatic N) is 1. The highest BCUT2D eigenvalue weighted by atomic mass is 32.2. The van der Waals surface area contributed by atoms with Gasteiger partial charge in [0.25, 0.3) is 5.65 Å². The first-order valence-electron chi connectivity index (χ1n) is 9.19. The molecule has 1 aromatic carbocycles. The Morgan fingerprint density at radius 3 is 2.64 bits per heavy atom. The number of aromatic nitrogens is 2. The number of rotatable bonds is 7. The first-order valence-corrected chi connectivity index (χ1v) is 10.8. The number of sulfonamides is 1. The van der Waals surface area contributed by atoms with Crippen molar-refractivity contribution in [3.05, 3.63) is 47.4 Å². The molecule has 28 heavy (non-hydrogen) atoms. The summed E-state index contributed by atoms with van der Waals surface area (Å²) in [7, 11) is -3.41. The first kappa shape index (κ1) is 20.0. The summed E-state index contributed by atoms with van der Waals surface area (Å²) < 4.78 is 33.4. The number of nitrogens with one attached hydrogen (secondary N) is 2. The van der Waals surface area contributed by atoms with Crippen LogP contribution in [0.4, 0.5) is 5.69 Å². The third-order valence-electron chi connectivity index (χ3n) is 4.39. The van der Waals surface area contributed by atoms with E-state index in [-0.39, 0.29) is 5.75 Å². The number of pyridine rings is 1. The molecule has 8 heteroatoms. The molecule has 0 aliphatic heterocycles. The number of fused-ring (bicyclic) bond motifs is 1. The van der Waals surface area contributed by atoms with E-state index in [1.54, 1.807) is 44.3 Å². The quantitative estimate of drug-likeness (QED) is 0.465. The lowest BCUT2D eigenvalue weighted by Gasteiger charge is -2.17. The first-order chi connectivity index (χ1) is 13.2. The van der Waals surface area contributed by atoms with Crippen molar-refractivity contribution in [3.8, 4) is 16.9 Å². The molecular formula is C20H25N3O4S. The Morgan fingerprint density at radius 1 is 1.21 bits per heavy atom. The summed E-state index contributed by atoms with van der Waals surface area (Å²) >= 11 is 0. The number of hydrogen-bond acceptors (Lipinski definition) is 4. The average Bonchev–Trinajstić information content (AvgIpc) is 3.13. The van der Waals surface area contributed by atoms with Crippen LogP contribution in [0.1, 0.15) is 26.5 Å². The van der Waals surface area contributed by atoms with Crippen molar-refractivity contribution >= 4 is 26.7 Å². The second-order valence-electron chi connectivity index (χ2n) is 7.15. The fraction of sp³-hybridized carbons (Fsp3) is 0.350. The second-order valence-corrected chi connectivity index (χ2v) is 9.17. The Hall–Kier alpha value is -2.74. The van der Waals surface area contributed by atoms with Crippen molar-refractivity contribution < 1.29 is 17.9 Å². The summed E-state index contributed by atoms with van der Waals surface area (Å²) in [4.78, 5) is 2.97. The average molecular weight is 404 g/mol. The van der Waals surface area contributed by atoms with Crippen LogP contribution in [0.2, 0.25) is 0 Å². The van der Waals surface area contributed by atoms with Crippen LogP contribution in [-0.4, -0.2) is 25.8 Å². The van der Waals surface area contributed by atoms with E-state index >= 15 is 0 Å². The zero-order chi connectivity index (χ0) is 20.5. The minimum Gasteiger partial charge on any atom is -0.710 e. The molecule has 0 aliphatic rings. The minimum absolute atomic E-state index is 0.0172. The van der Waals surface area contributed by atoms with Gasteiger partial charge in [-0.15, -0.1) is 0 Å². The van der Waals surface area contributed by atoms with Gasteiger partial charge < -0.3 is 9.94 Å². The summed E-state index contributed by atoms with van der Waals surface area (Å²) in [6, 6.07) is 8.81. The van der Waals surface area contributed by atoms with Crippen molar-refractivity contribution in [2.24, 2.45) is 5.92 Å². The van der Waals surface area contributed by atoms with Crippen molar-refractivity contribution in [2.75, 3.05) is 17.1 Å². The van der Waals surface area contributed by atoms with Crippen molar-refractivity contribution in [1.29, 1.82) is 0 Å². The van der Waals surface area contributed by atoms with Gasteiger partial charge >= 0.3 is 0 Å². The third-order valence-corrected chi connectivity index (χ3v) is 5.69. The van der Waals surface area contributed by atoms with Gasteiger partial charge in [0.1, 0.15) is 11.4 Å². The predicted octanol–water partition coefficient (Wildman–Crippen LogP) is 3.57. The van der Waals surface area contributed by atoms with E-state index in [4.69, 9.17) is 4.74 Å². The number of aromatic amines is 1. The van der Waals surface area contributed by atoms with Gasteiger partial charge in [0.2, 0.25) is 10.0 Å². The van der Waals surface area contributed by atoms with Gasteiger partial charge in [0.15, 0.2) is 0 Å². The number of hydrogen-bond donors (Lipinski definition) is 2. The largest absolute Gasteiger partial charge is 0.710 e. The van der Waals surface area contributed by atoms with Gasteiger partial charge in [-0.3, -0.25) is 4.72 Å². The van der Waals surface area contributed by atoms with E-state index < -0.39 is 10.0 Å². The van der Waals surface area contributed by atoms with Crippen molar-refractivity contribution in [2.45, 2.75) is 27.7 Å². The Balaban J connectivity index is 2.19. The van der Waals surface area contributed by atoms with Crippen LogP contribution in [0.15, 0.2) is 36.5 Å². The smallest absolute Gasteiger partial charge is 0.290 e. The van der Waals surface area contributed by atoms with Crippen LogP contribution in [0.3, 0.4) is 0 Å². The van der Waals surface area contributed by atoms with E-state index in [1.807, 2.05) is 6.07 Å². The Kier molecular flexibility index (Phi) is 5.51. The number of benzene rings is 1. The summed E-state index contributed by atoms with van der Waals surface area (Å²) in [5.74, 6) is 0.953. The Bertz CT molecular complexity index is 1100. The van der Waals surface area contributed by atoms with Crippen LogP contribution in [-0.2, 0) is 10.0 Å². The lowest BCUT2D eigenvalue weighted by atomic mass is 10.0. The molecule has 0 bridgehead atoms. The highest BCUT2D eigenvalue weighted by Crippen LogP contribution is 2.37. The maximum absolute atomic E-state index is 12.3. The zero-order valence-electron chi connectivity index (χ0n) is 16.4. The summed E-state index contributed by atoms with van der Waals surface area (Å²) in [6.07, 6.45) is 1.71. The van der Waals surface area contributed by atoms with Crippen LogP contribution in [0.5, 0.6) is 5.75 Å². The molecule has 0 saturated carbocycles. The molecule has 2 heterocycles. The predicted molar refractivity (Wildman–Crippen MR) is 111 cm³/mol. The van der Waals surface area contributed by atoms with Gasteiger partial charge in [-0.2, -0.15) is 0 Å². The molecular weight excluding hydrogens is 378 g/mol. The number of aryl methyl sites for hydroxylation is 1. The van der Waals surface area contributed by atoms with Gasteiger partial charge in [-0.1, -0.05) is 13.8 Å². The fourth-order valence-electron chi connectivity index (χ4n) is 2.93. The zero-order valence-corrected chi connectivity index (χ0v) is 17.3. The second kappa shape index (κ2) is 7.71. The van der Waals surface area contributed by atoms with Gasteiger partial charge in [-0.05, 0) is 50.1 Å².